The van der Waals surface area contributed by atoms with Gasteiger partial charge in [0.1, 0.15) is 0 Å². The van der Waals surface area contributed by atoms with Gasteiger partial charge in [-0.2, -0.15) is 0 Å². The molecule has 0 fully saturated rings. The van der Waals surface area contributed by atoms with Crippen LogP contribution in [-0.4, -0.2) is 5.91 Å². The molecule has 0 aliphatic carbocycles. The summed E-state index contributed by atoms with van der Waals surface area (Å²) in [5.41, 5.74) is 9.01. The van der Waals surface area contributed by atoms with E-state index in [1.165, 1.54) is 0 Å². The third-order valence-electron chi connectivity index (χ3n) is 3.51. The predicted octanol–water partition coefficient (Wildman–Crippen LogP) is 3.59. The highest BCUT2D eigenvalue weighted by molar-refractivity contribution is 6.31. The summed E-state index contributed by atoms with van der Waals surface area (Å²) < 4.78 is 0. The molecule has 2 unspecified atom stereocenters. The number of carbonyl (C=O) groups is 1. The standard InChI is InChI=1S/C14H19ClN2O/c1-3-5-12(16)11-7-8(15)6-10-9(4-2)14(18)17-13(10)11/h6-7,9,12H,3-5,16H2,1-2H3,(H,17,18). The molecule has 1 aromatic carbocycles. The molecule has 0 saturated heterocycles. The molecule has 4 heteroatoms. The van der Waals surface area contributed by atoms with Gasteiger partial charge in [-0.15, -0.1) is 0 Å². The zero-order chi connectivity index (χ0) is 13.3. The number of amides is 1. The van der Waals surface area contributed by atoms with Crippen LogP contribution >= 0.6 is 11.6 Å². The first-order chi connectivity index (χ1) is 8.58. The smallest absolute Gasteiger partial charge is 0.232 e. The molecular formula is C14H19ClN2O. The molecule has 2 atom stereocenters. The molecular weight excluding hydrogens is 248 g/mol. The molecule has 18 heavy (non-hydrogen) atoms. The highest BCUT2D eigenvalue weighted by atomic mass is 35.5. The van der Waals surface area contributed by atoms with Crippen molar-refractivity contribution in [2.24, 2.45) is 5.73 Å². The number of hydrogen-bond acceptors (Lipinski definition) is 2. The summed E-state index contributed by atoms with van der Waals surface area (Å²) in [5, 5.41) is 3.61. The zero-order valence-electron chi connectivity index (χ0n) is 10.8. The Morgan fingerprint density at radius 2 is 2.17 bits per heavy atom. The normalized spacial score (nSPS) is 19.6. The second kappa shape index (κ2) is 5.29. The van der Waals surface area contributed by atoms with Crippen molar-refractivity contribution >= 4 is 23.2 Å². The van der Waals surface area contributed by atoms with Crippen molar-refractivity contribution in [3.05, 3.63) is 28.3 Å². The Labute approximate surface area is 113 Å². The van der Waals surface area contributed by atoms with E-state index in [2.05, 4.69) is 12.2 Å². The van der Waals surface area contributed by atoms with Crippen molar-refractivity contribution in [1.82, 2.24) is 0 Å². The molecule has 0 bridgehead atoms. The summed E-state index contributed by atoms with van der Waals surface area (Å²) in [7, 11) is 0. The number of rotatable bonds is 4. The van der Waals surface area contributed by atoms with E-state index >= 15 is 0 Å². The van der Waals surface area contributed by atoms with E-state index in [0.717, 1.165) is 36.1 Å². The molecule has 1 heterocycles. The molecule has 0 saturated carbocycles. The number of benzene rings is 1. The van der Waals surface area contributed by atoms with Crippen molar-refractivity contribution < 1.29 is 4.79 Å². The summed E-state index contributed by atoms with van der Waals surface area (Å²) in [4.78, 5) is 11.9. The predicted molar refractivity (Wildman–Crippen MR) is 75.0 cm³/mol. The van der Waals surface area contributed by atoms with Crippen LogP contribution in [0.25, 0.3) is 0 Å². The van der Waals surface area contributed by atoms with E-state index in [4.69, 9.17) is 17.3 Å². The van der Waals surface area contributed by atoms with Crippen LogP contribution in [0.4, 0.5) is 5.69 Å². The SMILES string of the molecule is CCCC(N)c1cc(Cl)cc2c1NC(=O)C2CC. The van der Waals surface area contributed by atoms with E-state index in [0.29, 0.717) is 5.02 Å². The van der Waals surface area contributed by atoms with Gasteiger partial charge >= 0.3 is 0 Å². The molecule has 0 radical (unpaired) electrons. The minimum atomic E-state index is -0.0914. The lowest BCUT2D eigenvalue weighted by Crippen LogP contribution is -2.13. The van der Waals surface area contributed by atoms with E-state index < -0.39 is 0 Å². The van der Waals surface area contributed by atoms with Gasteiger partial charge < -0.3 is 11.1 Å². The van der Waals surface area contributed by atoms with Crippen LogP contribution in [0.5, 0.6) is 0 Å². The van der Waals surface area contributed by atoms with Crippen molar-refractivity contribution in [1.29, 1.82) is 0 Å². The van der Waals surface area contributed by atoms with Crippen LogP contribution in [0.15, 0.2) is 12.1 Å². The largest absolute Gasteiger partial charge is 0.325 e. The third-order valence-corrected chi connectivity index (χ3v) is 3.73. The highest BCUT2D eigenvalue weighted by Crippen LogP contribution is 2.41. The Kier molecular flexibility index (Phi) is 3.93. The minimum absolute atomic E-state index is 0.0553. The highest BCUT2D eigenvalue weighted by Gasteiger charge is 2.32. The van der Waals surface area contributed by atoms with Gasteiger partial charge in [0.15, 0.2) is 0 Å². The van der Waals surface area contributed by atoms with Crippen LogP contribution in [0.3, 0.4) is 0 Å². The Morgan fingerprint density at radius 1 is 1.44 bits per heavy atom. The maximum absolute atomic E-state index is 11.9. The lowest BCUT2D eigenvalue weighted by molar-refractivity contribution is -0.117. The molecule has 1 amide bonds. The third kappa shape index (κ3) is 2.25. The van der Waals surface area contributed by atoms with Crippen molar-refractivity contribution in [3.8, 4) is 0 Å². The van der Waals surface area contributed by atoms with Crippen LogP contribution in [0.2, 0.25) is 5.02 Å². The number of fused-ring (bicyclic) bond motifs is 1. The van der Waals surface area contributed by atoms with E-state index in [1.54, 1.807) is 0 Å². The van der Waals surface area contributed by atoms with Gasteiger partial charge in [0.05, 0.1) is 5.92 Å². The quantitative estimate of drug-likeness (QED) is 0.875. The second-order valence-corrected chi connectivity index (χ2v) is 5.24. The molecule has 0 spiro atoms. The fraction of sp³-hybridized carbons (Fsp3) is 0.500. The zero-order valence-corrected chi connectivity index (χ0v) is 11.6. The summed E-state index contributed by atoms with van der Waals surface area (Å²) >= 11 is 6.15. The summed E-state index contributed by atoms with van der Waals surface area (Å²) in [6.45, 7) is 4.10. The van der Waals surface area contributed by atoms with Gasteiger partial charge in [0.25, 0.3) is 0 Å². The Morgan fingerprint density at radius 3 is 2.78 bits per heavy atom. The summed E-state index contributed by atoms with van der Waals surface area (Å²) in [6.07, 6.45) is 2.68. The van der Waals surface area contributed by atoms with E-state index in [9.17, 15) is 4.79 Å². The molecule has 98 valence electrons. The fourth-order valence-electron chi connectivity index (χ4n) is 2.58. The van der Waals surface area contributed by atoms with Crippen molar-refractivity contribution in [2.45, 2.75) is 45.1 Å². The van der Waals surface area contributed by atoms with Gasteiger partial charge in [-0.25, -0.2) is 0 Å². The lowest BCUT2D eigenvalue weighted by atomic mass is 9.93. The monoisotopic (exact) mass is 266 g/mol. The van der Waals surface area contributed by atoms with Crippen LogP contribution in [0.1, 0.15) is 56.2 Å². The molecule has 1 aliphatic heterocycles. The molecule has 1 aliphatic rings. The molecule has 3 nitrogen and oxygen atoms in total. The first-order valence-corrected chi connectivity index (χ1v) is 6.86. The van der Waals surface area contributed by atoms with Crippen molar-refractivity contribution in [3.63, 3.8) is 0 Å². The Bertz CT molecular complexity index is 473. The molecule has 0 aromatic heterocycles. The number of nitrogens with one attached hydrogen (secondary N) is 1. The first kappa shape index (κ1) is 13.4. The Hall–Kier alpha value is -1.06. The van der Waals surface area contributed by atoms with Crippen LogP contribution < -0.4 is 11.1 Å². The summed E-state index contributed by atoms with van der Waals surface area (Å²) in [5.74, 6) is -0.0361. The topological polar surface area (TPSA) is 55.1 Å². The number of halogens is 1. The molecule has 1 aromatic rings. The first-order valence-electron chi connectivity index (χ1n) is 6.48. The van der Waals surface area contributed by atoms with Gasteiger partial charge in [0, 0.05) is 16.8 Å². The maximum Gasteiger partial charge on any atom is 0.232 e. The van der Waals surface area contributed by atoms with Gasteiger partial charge in [-0.05, 0) is 36.1 Å². The maximum atomic E-state index is 11.9. The molecule has 3 N–H and O–H groups in total. The number of hydrogen-bond donors (Lipinski definition) is 2. The molecule has 2 rings (SSSR count). The number of anilines is 1. The second-order valence-electron chi connectivity index (χ2n) is 4.80. The Balaban J connectivity index is 2.48. The minimum Gasteiger partial charge on any atom is -0.325 e. The number of nitrogens with two attached hydrogens (primary N) is 1. The average molecular weight is 267 g/mol. The fourth-order valence-corrected chi connectivity index (χ4v) is 2.82. The van der Waals surface area contributed by atoms with Gasteiger partial charge in [-0.1, -0.05) is 31.9 Å². The van der Waals surface area contributed by atoms with Crippen molar-refractivity contribution in [2.75, 3.05) is 5.32 Å². The van der Waals surface area contributed by atoms with Gasteiger partial charge in [0.2, 0.25) is 5.91 Å². The van der Waals surface area contributed by atoms with Gasteiger partial charge in [-0.3, -0.25) is 4.79 Å². The van der Waals surface area contributed by atoms with Crippen LogP contribution in [-0.2, 0) is 4.79 Å². The lowest BCUT2D eigenvalue weighted by Gasteiger charge is -2.16. The summed E-state index contributed by atoms with van der Waals surface area (Å²) in [6, 6.07) is 3.68. The van der Waals surface area contributed by atoms with Crippen LogP contribution in [0, 0.1) is 0 Å². The van der Waals surface area contributed by atoms with E-state index in [1.807, 2.05) is 19.1 Å². The number of carbonyl (C=O) groups excluding carboxylic acids is 1. The average Bonchev–Trinajstić information content (AvgIpc) is 2.63. The van der Waals surface area contributed by atoms with E-state index in [-0.39, 0.29) is 17.9 Å².